The van der Waals surface area contributed by atoms with Crippen molar-refractivity contribution in [1.29, 1.82) is 0 Å². The number of hydrogen-bond donors (Lipinski definition) is 2. The van der Waals surface area contributed by atoms with Gasteiger partial charge in [0.15, 0.2) is 0 Å². The van der Waals surface area contributed by atoms with Gasteiger partial charge in [-0.05, 0) is 24.5 Å². The van der Waals surface area contributed by atoms with Crippen molar-refractivity contribution in [2.75, 3.05) is 18.6 Å². The summed E-state index contributed by atoms with van der Waals surface area (Å²) in [7, 11) is 0. The Morgan fingerprint density at radius 1 is 1.43 bits per heavy atom. The normalized spacial score (nSPS) is 19.8. The summed E-state index contributed by atoms with van der Waals surface area (Å²) in [6.07, 6.45) is 1.54. The summed E-state index contributed by atoms with van der Waals surface area (Å²) in [6.45, 7) is -0.0931. The summed E-state index contributed by atoms with van der Waals surface area (Å²) in [5, 5.41) is 13.3. The lowest BCUT2D eigenvalue weighted by Gasteiger charge is -2.18. The van der Waals surface area contributed by atoms with Crippen molar-refractivity contribution in [2.45, 2.75) is 18.6 Å². The third-order valence-electron chi connectivity index (χ3n) is 3.34. The number of halogens is 1. The molecule has 5 nitrogen and oxygen atoms in total. The van der Waals surface area contributed by atoms with Crippen LogP contribution in [-0.2, 0) is 4.79 Å². The molecule has 0 aromatic heterocycles. The largest absolute Gasteiger partial charge is 0.386 e. The number of β-amino-alcohol motifs (C(OH)–C–C–N with tert-alkyl or cyclic N) is 1. The second-order valence-electron chi connectivity index (χ2n) is 4.77. The Morgan fingerprint density at radius 3 is 2.81 bits per heavy atom. The number of nitrogens with one attached hydrogen (secondary N) is 1. The van der Waals surface area contributed by atoms with Crippen LogP contribution in [0.2, 0.25) is 5.02 Å². The van der Waals surface area contributed by atoms with Crippen LogP contribution in [0.15, 0.2) is 24.3 Å². The predicted octanol–water partition coefficient (Wildman–Crippen LogP) is 2.05. The first-order valence-corrected chi connectivity index (χ1v) is 8.35. The Morgan fingerprint density at radius 2 is 2.14 bits per heavy atom. The molecule has 21 heavy (non-hydrogen) atoms. The van der Waals surface area contributed by atoms with Gasteiger partial charge in [0.05, 0.1) is 12.6 Å². The Bertz CT molecular complexity index is 541. The summed E-state index contributed by atoms with van der Waals surface area (Å²) in [5.74, 6) is 0.498. The van der Waals surface area contributed by atoms with Crippen LogP contribution >= 0.6 is 23.4 Å². The molecule has 2 atom stereocenters. The number of aliphatic hydroxyl groups excluding tert-OH is 1. The highest BCUT2D eigenvalue weighted by atomic mass is 35.5. The van der Waals surface area contributed by atoms with Crippen LogP contribution in [0.25, 0.3) is 0 Å². The molecule has 0 saturated carbocycles. The second-order valence-corrected chi connectivity index (χ2v) is 6.16. The number of rotatable bonds is 6. The second kappa shape index (κ2) is 7.15. The van der Waals surface area contributed by atoms with Crippen LogP contribution in [0, 0.1) is 0 Å². The van der Waals surface area contributed by atoms with Crippen molar-refractivity contribution >= 4 is 35.3 Å². The average Bonchev–Trinajstić information content (AvgIpc) is 2.73. The lowest BCUT2D eigenvalue weighted by Crippen LogP contribution is -2.35. The number of amides is 3. The van der Waals surface area contributed by atoms with Gasteiger partial charge in [-0.25, -0.2) is 4.79 Å². The van der Waals surface area contributed by atoms with E-state index < -0.39 is 18.2 Å². The van der Waals surface area contributed by atoms with E-state index in [1.807, 2.05) is 6.26 Å². The molecule has 2 N–H and O–H groups in total. The van der Waals surface area contributed by atoms with Crippen molar-refractivity contribution in [1.82, 2.24) is 10.2 Å². The van der Waals surface area contributed by atoms with E-state index in [1.165, 1.54) is 0 Å². The third kappa shape index (κ3) is 3.70. The molecular weight excluding hydrogens is 312 g/mol. The summed E-state index contributed by atoms with van der Waals surface area (Å²) >= 11 is 7.62. The molecule has 1 aromatic rings. The molecule has 0 bridgehead atoms. The Labute approximate surface area is 132 Å². The summed E-state index contributed by atoms with van der Waals surface area (Å²) in [5.41, 5.74) is 0.507. The zero-order valence-corrected chi connectivity index (χ0v) is 13.2. The molecule has 1 aliphatic rings. The number of hydrogen-bond acceptors (Lipinski definition) is 4. The van der Waals surface area contributed by atoms with Gasteiger partial charge in [0.2, 0.25) is 0 Å². The van der Waals surface area contributed by atoms with Crippen LogP contribution in [0.3, 0.4) is 0 Å². The first-order valence-electron chi connectivity index (χ1n) is 6.58. The first-order chi connectivity index (χ1) is 10.0. The van der Waals surface area contributed by atoms with E-state index in [-0.39, 0.29) is 12.5 Å². The monoisotopic (exact) mass is 328 g/mol. The molecule has 2 unspecified atom stereocenters. The zero-order valence-electron chi connectivity index (χ0n) is 11.6. The predicted molar refractivity (Wildman–Crippen MR) is 83.4 cm³/mol. The average molecular weight is 329 g/mol. The zero-order chi connectivity index (χ0) is 15.4. The Balaban J connectivity index is 2.04. The number of carbonyl (C=O) groups is 2. The van der Waals surface area contributed by atoms with E-state index in [9.17, 15) is 14.7 Å². The molecule has 0 aliphatic carbocycles. The van der Waals surface area contributed by atoms with Crippen molar-refractivity contribution in [2.24, 2.45) is 0 Å². The fraction of sp³-hybridized carbons (Fsp3) is 0.429. The van der Waals surface area contributed by atoms with E-state index >= 15 is 0 Å². The van der Waals surface area contributed by atoms with Crippen molar-refractivity contribution in [3.8, 4) is 0 Å². The molecule has 2 rings (SSSR count). The molecule has 1 aromatic carbocycles. The van der Waals surface area contributed by atoms with E-state index in [2.05, 4.69) is 5.32 Å². The molecule has 1 heterocycles. The van der Waals surface area contributed by atoms with Gasteiger partial charge < -0.3 is 10.4 Å². The maximum absolute atomic E-state index is 12.2. The molecule has 0 spiro atoms. The first kappa shape index (κ1) is 16.1. The fourth-order valence-corrected chi connectivity index (χ4v) is 2.93. The lowest BCUT2D eigenvalue weighted by atomic mass is 10.1. The van der Waals surface area contributed by atoms with Gasteiger partial charge >= 0.3 is 6.03 Å². The number of benzene rings is 1. The minimum atomic E-state index is -0.993. The van der Waals surface area contributed by atoms with Gasteiger partial charge in [-0.1, -0.05) is 29.8 Å². The number of urea groups is 1. The highest BCUT2D eigenvalue weighted by Gasteiger charge is 2.38. The van der Waals surface area contributed by atoms with Crippen LogP contribution in [-0.4, -0.2) is 46.5 Å². The summed E-state index contributed by atoms with van der Waals surface area (Å²) in [4.78, 5) is 25.1. The van der Waals surface area contributed by atoms with Gasteiger partial charge in [-0.2, -0.15) is 11.8 Å². The molecule has 3 amide bonds. The standard InChI is InChI=1S/C14H17ClN2O3S/c1-21-7-6-11-13(19)17(14(20)16-11)8-12(18)9-4-2-3-5-10(9)15/h2-5,11-12,18H,6-8H2,1H3,(H,16,20). The van der Waals surface area contributed by atoms with Crippen molar-refractivity contribution < 1.29 is 14.7 Å². The quantitative estimate of drug-likeness (QED) is 0.784. The van der Waals surface area contributed by atoms with Crippen LogP contribution in [0.5, 0.6) is 0 Å². The van der Waals surface area contributed by atoms with Gasteiger partial charge in [0, 0.05) is 10.6 Å². The fourth-order valence-electron chi connectivity index (χ4n) is 2.20. The van der Waals surface area contributed by atoms with Crippen LogP contribution in [0.1, 0.15) is 18.1 Å². The molecule has 1 fully saturated rings. The van der Waals surface area contributed by atoms with E-state index in [1.54, 1.807) is 36.0 Å². The van der Waals surface area contributed by atoms with Gasteiger partial charge in [-0.15, -0.1) is 0 Å². The van der Waals surface area contributed by atoms with Gasteiger partial charge in [-0.3, -0.25) is 9.69 Å². The third-order valence-corrected chi connectivity index (χ3v) is 4.33. The number of imide groups is 1. The summed E-state index contributed by atoms with van der Waals surface area (Å²) in [6, 6.07) is 5.88. The maximum Gasteiger partial charge on any atom is 0.324 e. The van der Waals surface area contributed by atoms with Gasteiger partial charge in [0.25, 0.3) is 5.91 Å². The molecule has 7 heteroatoms. The van der Waals surface area contributed by atoms with E-state index in [0.29, 0.717) is 17.0 Å². The number of nitrogens with zero attached hydrogens (tertiary/aromatic N) is 1. The van der Waals surface area contributed by atoms with E-state index in [4.69, 9.17) is 11.6 Å². The molecular formula is C14H17ClN2O3S. The summed E-state index contributed by atoms with van der Waals surface area (Å²) < 4.78 is 0. The molecule has 1 saturated heterocycles. The molecule has 0 radical (unpaired) electrons. The van der Waals surface area contributed by atoms with Crippen LogP contribution in [0.4, 0.5) is 4.79 Å². The maximum atomic E-state index is 12.2. The van der Waals surface area contributed by atoms with Crippen molar-refractivity contribution in [3.63, 3.8) is 0 Å². The SMILES string of the molecule is CSCCC1NC(=O)N(CC(O)c2ccccc2Cl)C1=O. The minimum absolute atomic E-state index is 0.0931. The van der Waals surface area contributed by atoms with Crippen LogP contribution < -0.4 is 5.32 Å². The van der Waals surface area contributed by atoms with Gasteiger partial charge in [0.1, 0.15) is 6.04 Å². The Kier molecular flexibility index (Phi) is 5.50. The number of carbonyl (C=O) groups excluding carboxylic acids is 2. The number of thioether (sulfide) groups is 1. The smallest absolute Gasteiger partial charge is 0.324 e. The minimum Gasteiger partial charge on any atom is -0.386 e. The highest BCUT2D eigenvalue weighted by molar-refractivity contribution is 7.98. The molecule has 1 aliphatic heterocycles. The lowest BCUT2D eigenvalue weighted by molar-refractivity contribution is -0.128. The van der Waals surface area contributed by atoms with Crippen molar-refractivity contribution in [3.05, 3.63) is 34.9 Å². The molecule has 114 valence electrons. The van der Waals surface area contributed by atoms with E-state index in [0.717, 1.165) is 10.7 Å². The number of aliphatic hydroxyl groups is 1. The highest BCUT2D eigenvalue weighted by Crippen LogP contribution is 2.24. The Hall–Kier alpha value is -1.24. The topological polar surface area (TPSA) is 69.6 Å².